The van der Waals surface area contributed by atoms with Gasteiger partial charge in [0.05, 0.1) is 30.8 Å². The molecule has 45 heavy (non-hydrogen) atoms. The van der Waals surface area contributed by atoms with Crippen LogP contribution >= 0.6 is 11.6 Å². The van der Waals surface area contributed by atoms with Crippen LogP contribution in [0.5, 0.6) is 0 Å². The van der Waals surface area contributed by atoms with Crippen molar-refractivity contribution in [2.45, 2.75) is 50.3 Å². The van der Waals surface area contributed by atoms with Crippen molar-refractivity contribution in [2.75, 3.05) is 31.4 Å². The Balaban J connectivity index is 1.52. The second-order valence-electron chi connectivity index (χ2n) is 10.5. The Morgan fingerprint density at radius 2 is 1.93 bits per heavy atom. The van der Waals surface area contributed by atoms with Crippen LogP contribution in [-0.2, 0) is 19.0 Å². The van der Waals surface area contributed by atoms with E-state index < -0.39 is 53.5 Å². The molecule has 1 unspecified atom stereocenters. The molecule has 3 aromatic rings. The molecule has 0 saturated carbocycles. The van der Waals surface area contributed by atoms with Crippen LogP contribution in [-0.4, -0.2) is 59.8 Å². The van der Waals surface area contributed by atoms with Crippen molar-refractivity contribution >= 4 is 41.1 Å². The van der Waals surface area contributed by atoms with Crippen LogP contribution in [0.3, 0.4) is 0 Å². The summed E-state index contributed by atoms with van der Waals surface area (Å²) in [5.74, 6) is -2.07. The fraction of sp³-hybridized carbons (Fsp3) is 0.367. The summed E-state index contributed by atoms with van der Waals surface area (Å²) >= 11 is 5.86. The van der Waals surface area contributed by atoms with Gasteiger partial charge >= 0.3 is 18.2 Å². The van der Waals surface area contributed by atoms with Crippen molar-refractivity contribution in [3.8, 4) is 17.3 Å². The number of nitrogens with one attached hydrogen (secondary N) is 3. The van der Waals surface area contributed by atoms with Gasteiger partial charge < -0.3 is 24.5 Å². The molecule has 15 heteroatoms. The maximum absolute atomic E-state index is 14.7. The lowest BCUT2D eigenvalue weighted by Crippen LogP contribution is -2.42. The molecule has 1 fully saturated rings. The van der Waals surface area contributed by atoms with E-state index in [0.717, 1.165) is 12.1 Å². The van der Waals surface area contributed by atoms with Gasteiger partial charge in [-0.05, 0) is 43.2 Å². The van der Waals surface area contributed by atoms with Gasteiger partial charge in [0, 0.05) is 29.9 Å². The first-order chi connectivity index (χ1) is 21.6. The van der Waals surface area contributed by atoms with Crippen molar-refractivity contribution in [1.29, 1.82) is 5.26 Å². The minimum atomic E-state index is -1.19. The number of esters is 1. The molecule has 2 bridgehead atoms. The third kappa shape index (κ3) is 6.48. The number of fused-ring (bicyclic) bond motifs is 4. The number of hydrogen-bond acceptors (Lipinski definition) is 9. The highest BCUT2D eigenvalue weighted by molar-refractivity contribution is 6.30. The topological polar surface area (TPSA) is 159 Å². The van der Waals surface area contributed by atoms with Gasteiger partial charge in [0.15, 0.2) is 5.82 Å². The van der Waals surface area contributed by atoms with Gasteiger partial charge in [-0.15, -0.1) is 0 Å². The number of ether oxygens (including phenoxy) is 3. The van der Waals surface area contributed by atoms with Crippen LogP contribution in [0.25, 0.3) is 11.3 Å². The summed E-state index contributed by atoms with van der Waals surface area (Å²) in [5, 5.41) is 15.5. The number of carbonyl (C=O) groups is 3. The van der Waals surface area contributed by atoms with E-state index in [1.807, 2.05) is 0 Å². The number of amides is 2. The predicted octanol–water partition coefficient (Wildman–Crippen LogP) is 6.21. The molecule has 3 atom stereocenters. The van der Waals surface area contributed by atoms with E-state index in [-0.39, 0.29) is 29.4 Å². The van der Waals surface area contributed by atoms with Crippen LogP contribution < -0.4 is 10.6 Å². The zero-order valence-electron chi connectivity index (χ0n) is 24.3. The second-order valence-corrected chi connectivity index (χ2v) is 10.9. The molecule has 1 aromatic heterocycles. The maximum Gasteiger partial charge on any atom is 0.411 e. The van der Waals surface area contributed by atoms with Crippen LogP contribution in [0.15, 0.2) is 30.3 Å². The SMILES string of the molecule is COC(=O)Nc1ccc2c(c1)N[C@@H](C(=O)OC)CCCC[C@H](N1CCC(c3c(F)ccc(Cl)c3F)OC1=O)c1nc-2c(C#N)[nH]1. The number of nitrogens with zero attached hydrogens (tertiary/aromatic N) is 3. The molecule has 236 valence electrons. The largest absolute Gasteiger partial charge is 0.467 e. The standard InChI is InChI=1S/C30H29ClF2N6O6/c1-43-28(40)19-5-3-4-6-22(39-12-11-23(45-30(39)42)24-18(32)10-9-17(31)25(24)33)27-37-21(14-34)26(38-27)16-8-7-15(13-20(16)36-19)35-29(41)44-2/h7-10,13,19,22-23,36H,3-6,11-12H2,1-2H3,(H,35,41)(H,37,38)/t19-,22+,23?/m1/s1. The quantitative estimate of drug-likeness (QED) is 0.171. The lowest BCUT2D eigenvalue weighted by molar-refractivity contribution is -0.141. The van der Waals surface area contributed by atoms with E-state index in [2.05, 4.69) is 26.4 Å². The van der Waals surface area contributed by atoms with Crippen molar-refractivity contribution in [1.82, 2.24) is 14.9 Å². The van der Waals surface area contributed by atoms with Gasteiger partial charge in [-0.25, -0.2) is 28.1 Å². The summed E-state index contributed by atoms with van der Waals surface area (Å²) in [6.45, 7) is 0.0724. The molecule has 5 rings (SSSR count). The Morgan fingerprint density at radius 1 is 1.16 bits per heavy atom. The van der Waals surface area contributed by atoms with Crippen LogP contribution in [0, 0.1) is 23.0 Å². The number of aromatic amines is 1. The normalized spacial score (nSPS) is 19.9. The van der Waals surface area contributed by atoms with E-state index >= 15 is 0 Å². The summed E-state index contributed by atoms with van der Waals surface area (Å²) in [4.78, 5) is 47.1. The number of imidazole rings is 1. The van der Waals surface area contributed by atoms with E-state index in [1.165, 1.54) is 19.1 Å². The van der Waals surface area contributed by atoms with Crippen molar-refractivity contribution < 1.29 is 37.4 Å². The Labute approximate surface area is 261 Å². The first-order valence-electron chi connectivity index (χ1n) is 14.1. The molecule has 3 heterocycles. The molecule has 12 nitrogen and oxygen atoms in total. The smallest absolute Gasteiger partial charge is 0.411 e. The zero-order valence-corrected chi connectivity index (χ0v) is 25.0. The highest BCUT2D eigenvalue weighted by Crippen LogP contribution is 2.39. The van der Waals surface area contributed by atoms with E-state index in [9.17, 15) is 28.4 Å². The number of carbonyl (C=O) groups excluding carboxylic acids is 3. The Morgan fingerprint density at radius 3 is 2.64 bits per heavy atom. The number of anilines is 2. The Bertz CT molecular complexity index is 1680. The van der Waals surface area contributed by atoms with Gasteiger partial charge in [0.1, 0.15) is 41.2 Å². The van der Waals surface area contributed by atoms with Gasteiger partial charge in [-0.3, -0.25) is 10.2 Å². The lowest BCUT2D eigenvalue weighted by atomic mass is 9.99. The summed E-state index contributed by atoms with van der Waals surface area (Å²) in [6.07, 6.45) is -0.841. The average molecular weight is 643 g/mol. The van der Waals surface area contributed by atoms with Gasteiger partial charge in [0.2, 0.25) is 0 Å². The fourth-order valence-electron chi connectivity index (χ4n) is 5.57. The first-order valence-corrected chi connectivity index (χ1v) is 14.5. The number of rotatable bonds is 4. The number of hydrogen-bond donors (Lipinski definition) is 3. The van der Waals surface area contributed by atoms with E-state index in [0.29, 0.717) is 48.4 Å². The van der Waals surface area contributed by atoms with Gasteiger partial charge in [-0.1, -0.05) is 24.4 Å². The third-order valence-corrected chi connectivity index (χ3v) is 8.07. The van der Waals surface area contributed by atoms with Crippen molar-refractivity contribution in [3.63, 3.8) is 0 Å². The summed E-state index contributed by atoms with van der Waals surface area (Å²) in [7, 11) is 2.50. The fourth-order valence-corrected chi connectivity index (χ4v) is 5.73. The molecule has 2 aliphatic rings. The molecule has 0 aliphatic carbocycles. The number of halogens is 3. The van der Waals surface area contributed by atoms with Gasteiger partial charge in [0.25, 0.3) is 0 Å². The van der Waals surface area contributed by atoms with E-state index in [1.54, 1.807) is 18.2 Å². The van der Waals surface area contributed by atoms with Crippen LogP contribution in [0.1, 0.15) is 61.3 Å². The monoisotopic (exact) mass is 642 g/mol. The highest BCUT2D eigenvalue weighted by atomic mass is 35.5. The molecule has 3 N–H and O–H groups in total. The van der Waals surface area contributed by atoms with Crippen molar-refractivity contribution in [2.24, 2.45) is 0 Å². The van der Waals surface area contributed by atoms with E-state index in [4.69, 9.17) is 26.1 Å². The molecule has 2 aliphatic heterocycles. The molecule has 2 aromatic carbocycles. The predicted molar refractivity (Wildman–Crippen MR) is 157 cm³/mol. The third-order valence-electron chi connectivity index (χ3n) is 7.78. The molecule has 0 spiro atoms. The molecule has 2 amide bonds. The number of cyclic esters (lactones) is 1. The summed E-state index contributed by atoms with van der Waals surface area (Å²) < 4.78 is 44.5. The number of benzene rings is 2. The summed E-state index contributed by atoms with van der Waals surface area (Å²) in [5.41, 5.74) is 1.09. The average Bonchev–Trinajstić information content (AvgIpc) is 3.46. The van der Waals surface area contributed by atoms with Crippen LogP contribution in [0.2, 0.25) is 5.02 Å². The Kier molecular flexibility index (Phi) is 9.38. The summed E-state index contributed by atoms with van der Waals surface area (Å²) in [6, 6.07) is 7.52. The minimum Gasteiger partial charge on any atom is -0.467 e. The highest BCUT2D eigenvalue weighted by Gasteiger charge is 2.38. The molecule has 1 saturated heterocycles. The second kappa shape index (κ2) is 13.4. The number of nitriles is 1. The number of H-pyrrole nitrogens is 1. The molecular weight excluding hydrogens is 614 g/mol. The maximum atomic E-state index is 14.7. The van der Waals surface area contributed by atoms with Gasteiger partial charge in [-0.2, -0.15) is 5.26 Å². The Hall–Kier alpha value is -4.90. The number of methoxy groups -OCH3 is 2. The molecule has 0 radical (unpaired) electrons. The first kappa shape index (κ1) is 31.5. The number of aromatic nitrogens is 2. The molecular formula is C30H29ClF2N6O6. The zero-order chi connectivity index (χ0) is 32.2. The van der Waals surface area contributed by atoms with Crippen LogP contribution in [0.4, 0.5) is 29.7 Å². The lowest BCUT2D eigenvalue weighted by Gasteiger charge is -2.36. The van der Waals surface area contributed by atoms with Crippen molar-refractivity contribution in [3.05, 3.63) is 64.1 Å². The minimum absolute atomic E-state index is 0.0717.